The van der Waals surface area contributed by atoms with Gasteiger partial charge in [0, 0.05) is 31.9 Å². The molecule has 1 N–H and O–H groups in total. The second-order valence-corrected chi connectivity index (χ2v) is 6.80. The van der Waals surface area contributed by atoms with Crippen molar-refractivity contribution in [1.29, 1.82) is 0 Å². The fourth-order valence-electron chi connectivity index (χ4n) is 2.53. The Morgan fingerprint density at radius 3 is 3.05 bits per heavy atom. The van der Waals surface area contributed by atoms with Gasteiger partial charge in [-0.2, -0.15) is 11.8 Å². The van der Waals surface area contributed by atoms with E-state index in [-0.39, 0.29) is 0 Å². The average Bonchev–Trinajstić information content (AvgIpc) is 2.78. The van der Waals surface area contributed by atoms with Crippen molar-refractivity contribution >= 4 is 17.4 Å². The van der Waals surface area contributed by atoms with E-state index < -0.39 is 0 Å². The lowest BCUT2D eigenvalue weighted by Gasteiger charge is -2.15. The first-order valence-corrected chi connectivity index (χ1v) is 8.50. The molecule has 0 aliphatic carbocycles. The fraction of sp³-hybridized carbons (Fsp3) is 0.625. The Morgan fingerprint density at radius 2 is 2.26 bits per heavy atom. The minimum atomic E-state index is 0.606. The highest BCUT2D eigenvalue weighted by Gasteiger charge is 2.15. The molecule has 0 saturated heterocycles. The molecule has 0 radical (unpaired) electrons. The lowest BCUT2D eigenvalue weighted by atomic mass is 10.1. The van der Waals surface area contributed by atoms with Crippen LogP contribution < -0.4 is 10.2 Å². The molecule has 3 heteroatoms. The summed E-state index contributed by atoms with van der Waals surface area (Å²) in [5, 5.41) is 3.63. The molecule has 0 aromatic heterocycles. The van der Waals surface area contributed by atoms with Crippen LogP contribution >= 0.6 is 11.8 Å². The van der Waals surface area contributed by atoms with Crippen LogP contribution in [-0.2, 0) is 13.0 Å². The first-order chi connectivity index (χ1) is 9.20. The predicted molar refractivity (Wildman–Crippen MR) is 87.3 cm³/mol. The molecule has 0 spiro atoms. The highest BCUT2D eigenvalue weighted by Crippen LogP contribution is 2.27. The summed E-state index contributed by atoms with van der Waals surface area (Å²) in [6, 6.07) is 7.52. The van der Waals surface area contributed by atoms with Crippen LogP contribution in [-0.4, -0.2) is 31.1 Å². The van der Waals surface area contributed by atoms with Crippen molar-refractivity contribution in [2.24, 2.45) is 0 Å². The Kier molecular flexibility index (Phi) is 5.59. The average molecular weight is 278 g/mol. The minimum Gasteiger partial charge on any atom is -0.374 e. The van der Waals surface area contributed by atoms with E-state index in [0.717, 1.165) is 13.1 Å². The smallest absolute Gasteiger partial charge is 0.0397 e. The van der Waals surface area contributed by atoms with Crippen LogP contribution in [0.3, 0.4) is 0 Å². The summed E-state index contributed by atoms with van der Waals surface area (Å²) >= 11 is 2.03. The first-order valence-electron chi connectivity index (χ1n) is 7.34. The van der Waals surface area contributed by atoms with Gasteiger partial charge in [0.15, 0.2) is 0 Å². The monoisotopic (exact) mass is 278 g/mol. The topological polar surface area (TPSA) is 15.3 Å². The van der Waals surface area contributed by atoms with E-state index in [4.69, 9.17) is 0 Å². The Balaban J connectivity index is 1.80. The van der Waals surface area contributed by atoms with E-state index in [1.807, 2.05) is 11.8 Å². The maximum atomic E-state index is 3.63. The summed E-state index contributed by atoms with van der Waals surface area (Å²) in [5.41, 5.74) is 4.34. The quantitative estimate of drug-likeness (QED) is 0.770. The molecule has 0 saturated carbocycles. The lowest BCUT2D eigenvalue weighted by molar-refractivity contribution is 0.537. The van der Waals surface area contributed by atoms with Gasteiger partial charge in [0.2, 0.25) is 0 Å². The molecular formula is C16H26N2S. The van der Waals surface area contributed by atoms with Crippen molar-refractivity contribution in [3.63, 3.8) is 0 Å². The van der Waals surface area contributed by atoms with E-state index in [9.17, 15) is 0 Å². The number of hydrogen-bond acceptors (Lipinski definition) is 3. The van der Waals surface area contributed by atoms with Crippen LogP contribution in [0.2, 0.25) is 0 Å². The standard InChI is InChI=1S/C16H26N2S/c1-4-19-10-8-13(2)17-12-14-5-6-16-15(11-14)7-9-18(16)3/h5-6,11,13,17H,4,7-10,12H2,1-3H3. The number of thioether (sulfide) groups is 1. The van der Waals surface area contributed by atoms with Crippen LogP contribution in [0, 0.1) is 0 Å². The van der Waals surface area contributed by atoms with Crippen molar-refractivity contribution in [3.8, 4) is 0 Å². The summed E-state index contributed by atoms with van der Waals surface area (Å²) in [7, 11) is 2.18. The van der Waals surface area contributed by atoms with E-state index in [0.29, 0.717) is 6.04 Å². The Hall–Kier alpha value is -0.670. The molecular weight excluding hydrogens is 252 g/mol. The number of rotatable bonds is 7. The predicted octanol–water partition coefficient (Wildman–Crippen LogP) is 3.30. The van der Waals surface area contributed by atoms with Crippen molar-refractivity contribution in [2.45, 2.75) is 39.3 Å². The van der Waals surface area contributed by atoms with Crippen molar-refractivity contribution in [1.82, 2.24) is 5.32 Å². The number of likely N-dealkylation sites (N-methyl/N-ethyl adjacent to an activating group) is 1. The van der Waals surface area contributed by atoms with Crippen molar-refractivity contribution < 1.29 is 0 Å². The lowest BCUT2D eigenvalue weighted by Crippen LogP contribution is -2.26. The molecule has 19 heavy (non-hydrogen) atoms. The van der Waals surface area contributed by atoms with E-state index in [2.05, 4.69) is 49.3 Å². The number of nitrogens with zero attached hydrogens (tertiary/aromatic N) is 1. The van der Waals surface area contributed by atoms with Gasteiger partial charge in [0.05, 0.1) is 0 Å². The van der Waals surface area contributed by atoms with Crippen LogP contribution in [0.1, 0.15) is 31.4 Å². The Labute approximate surface area is 122 Å². The zero-order chi connectivity index (χ0) is 13.7. The molecule has 0 fully saturated rings. The van der Waals surface area contributed by atoms with Gasteiger partial charge >= 0.3 is 0 Å². The third-order valence-corrected chi connectivity index (χ3v) is 4.76. The zero-order valence-corrected chi connectivity index (χ0v) is 13.2. The molecule has 2 rings (SSSR count). The number of anilines is 1. The number of nitrogens with one attached hydrogen (secondary N) is 1. The zero-order valence-electron chi connectivity index (χ0n) is 12.4. The van der Waals surface area contributed by atoms with Crippen molar-refractivity contribution in [3.05, 3.63) is 29.3 Å². The molecule has 0 bridgehead atoms. The SMILES string of the molecule is CCSCCC(C)NCc1ccc2c(c1)CCN2C. The highest BCUT2D eigenvalue weighted by molar-refractivity contribution is 7.99. The van der Waals surface area contributed by atoms with E-state index >= 15 is 0 Å². The summed E-state index contributed by atoms with van der Waals surface area (Å²) in [6.07, 6.45) is 2.45. The molecule has 1 atom stereocenters. The summed E-state index contributed by atoms with van der Waals surface area (Å²) in [6.45, 7) is 6.67. The molecule has 0 amide bonds. The van der Waals surface area contributed by atoms with E-state index in [1.54, 1.807) is 0 Å². The second kappa shape index (κ2) is 7.20. The third-order valence-electron chi connectivity index (χ3n) is 3.83. The maximum Gasteiger partial charge on any atom is 0.0397 e. The van der Waals surface area contributed by atoms with Gasteiger partial charge in [-0.1, -0.05) is 19.1 Å². The van der Waals surface area contributed by atoms with Gasteiger partial charge in [-0.25, -0.2) is 0 Å². The molecule has 2 nitrogen and oxygen atoms in total. The Bertz CT molecular complexity index is 406. The van der Waals surface area contributed by atoms with Crippen LogP contribution in [0.4, 0.5) is 5.69 Å². The minimum absolute atomic E-state index is 0.606. The summed E-state index contributed by atoms with van der Waals surface area (Å²) in [4.78, 5) is 2.34. The number of fused-ring (bicyclic) bond motifs is 1. The molecule has 1 aliphatic heterocycles. The molecule has 1 heterocycles. The fourth-order valence-corrected chi connectivity index (χ4v) is 3.34. The van der Waals surface area contributed by atoms with Crippen LogP contribution in [0.5, 0.6) is 0 Å². The van der Waals surface area contributed by atoms with Gasteiger partial charge in [0.1, 0.15) is 0 Å². The molecule has 1 aromatic rings. The van der Waals surface area contributed by atoms with Gasteiger partial charge in [-0.15, -0.1) is 0 Å². The Morgan fingerprint density at radius 1 is 1.42 bits per heavy atom. The largest absolute Gasteiger partial charge is 0.374 e. The third kappa shape index (κ3) is 4.15. The van der Waals surface area contributed by atoms with Crippen LogP contribution in [0.15, 0.2) is 18.2 Å². The highest BCUT2D eigenvalue weighted by atomic mass is 32.2. The molecule has 106 valence electrons. The number of hydrogen-bond donors (Lipinski definition) is 1. The van der Waals surface area contributed by atoms with Gasteiger partial charge in [0.25, 0.3) is 0 Å². The van der Waals surface area contributed by atoms with Gasteiger partial charge in [-0.3, -0.25) is 0 Å². The summed E-state index contributed by atoms with van der Waals surface area (Å²) in [5.74, 6) is 2.49. The normalized spacial score (nSPS) is 15.6. The molecule has 1 aliphatic rings. The van der Waals surface area contributed by atoms with Crippen molar-refractivity contribution in [2.75, 3.05) is 30.0 Å². The number of benzene rings is 1. The van der Waals surface area contributed by atoms with Gasteiger partial charge < -0.3 is 10.2 Å². The second-order valence-electron chi connectivity index (χ2n) is 5.40. The van der Waals surface area contributed by atoms with E-state index in [1.165, 1.54) is 41.2 Å². The van der Waals surface area contributed by atoms with Crippen LogP contribution in [0.25, 0.3) is 0 Å². The molecule has 1 aromatic carbocycles. The first kappa shape index (κ1) is 14.7. The summed E-state index contributed by atoms with van der Waals surface area (Å²) < 4.78 is 0. The van der Waals surface area contributed by atoms with Gasteiger partial charge in [-0.05, 0) is 48.5 Å². The maximum absolute atomic E-state index is 3.63. The molecule has 1 unspecified atom stereocenters.